The molecule has 0 aliphatic heterocycles. The van der Waals surface area contributed by atoms with Crippen LogP contribution in [-0.2, 0) is 10.0 Å². The molecule has 0 unspecified atom stereocenters. The highest BCUT2D eigenvalue weighted by molar-refractivity contribution is 7.92. The summed E-state index contributed by atoms with van der Waals surface area (Å²) in [7, 11) is -2.84. The maximum Gasteiger partial charge on any atom is 0.363 e. The Morgan fingerprint density at radius 2 is 1.96 bits per heavy atom. The van der Waals surface area contributed by atoms with E-state index in [2.05, 4.69) is 10.1 Å². The molecule has 0 bridgehead atoms. The van der Waals surface area contributed by atoms with Gasteiger partial charge < -0.3 is 10.1 Å². The molecular weight excluding hydrogens is 377 g/mol. The van der Waals surface area contributed by atoms with Crippen LogP contribution < -0.4 is 4.31 Å². The van der Waals surface area contributed by atoms with Gasteiger partial charge >= 0.3 is 5.82 Å². The van der Waals surface area contributed by atoms with Gasteiger partial charge in [0.2, 0.25) is 0 Å². The molecule has 0 saturated heterocycles. The van der Waals surface area contributed by atoms with Gasteiger partial charge in [-0.15, -0.1) is 0 Å². The number of hydrogen-bond acceptors (Lipinski definition) is 6. The van der Waals surface area contributed by atoms with Gasteiger partial charge in [-0.3, -0.25) is 4.31 Å². The van der Waals surface area contributed by atoms with Crippen LogP contribution in [0.4, 0.5) is 15.9 Å². The number of nitrogens with zero attached hydrogens (tertiary/aromatic N) is 5. The highest BCUT2D eigenvalue weighted by Crippen LogP contribution is 2.25. The molecule has 0 aliphatic rings. The molecule has 3 aromatic rings. The average molecular weight is 391 g/mol. The molecule has 9 nitrogen and oxygen atoms in total. The van der Waals surface area contributed by atoms with Crippen molar-refractivity contribution >= 4 is 21.5 Å². The topological polar surface area (TPSA) is 111 Å². The number of halogens is 1. The van der Waals surface area contributed by atoms with Crippen LogP contribution in [0.15, 0.2) is 53.8 Å². The van der Waals surface area contributed by atoms with Crippen LogP contribution in [0.3, 0.4) is 0 Å². The Hall–Kier alpha value is -3.34. The standard InChI is InChI=1S/C16H14FN5O4S/c1-11-8-19-21(10-11)15-5-4-13(7-14(15)17)27(25,26)20(2)12-3-6-16(18-9-12)22(23)24/h3-10H,1-2H3. The summed E-state index contributed by atoms with van der Waals surface area (Å²) in [6, 6.07) is 5.82. The predicted octanol–water partition coefficient (Wildman–Crippen LogP) is 2.45. The molecule has 0 N–H and O–H groups in total. The first-order valence-electron chi connectivity index (χ1n) is 7.61. The van der Waals surface area contributed by atoms with Gasteiger partial charge in [-0.2, -0.15) is 5.10 Å². The number of aryl methyl sites for hydroxylation is 1. The maximum absolute atomic E-state index is 14.5. The zero-order chi connectivity index (χ0) is 19.8. The fourth-order valence-electron chi connectivity index (χ4n) is 2.35. The molecule has 0 atom stereocenters. The largest absolute Gasteiger partial charge is 0.363 e. The lowest BCUT2D eigenvalue weighted by Crippen LogP contribution is -2.26. The molecule has 140 valence electrons. The van der Waals surface area contributed by atoms with Gasteiger partial charge in [-0.05, 0) is 46.7 Å². The Morgan fingerprint density at radius 3 is 2.48 bits per heavy atom. The number of aromatic nitrogens is 3. The first kappa shape index (κ1) is 18.5. The van der Waals surface area contributed by atoms with Crippen molar-refractivity contribution in [2.75, 3.05) is 11.4 Å². The molecule has 0 fully saturated rings. The molecule has 2 heterocycles. The van der Waals surface area contributed by atoms with Crippen LogP contribution in [0.1, 0.15) is 5.56 Å². The first-order chi connectivity index (χ1) is 12.7. The molecule has 27 heavy (non-hydrogen) atoms. The third-order valence-corrected chi connectivity index (χ3v) is 5.60. The summed E-state index contributed by atoms with van der Waals surface area (Å²) in [6.45, 7) is 1.80. The van der Waals surface area contributed by atoms with E-state index in [1.165, 1.54) is 29.9 Å². The minimum absolute atomic E-state index is 0.104. The lowest BCUT2D eigenvalue weighted by molar-refractivity contribution is -0.389. The second-order valence-corrected chi connectivity index (χ2v) is 7.65. The second kappa shape index (κ2) is 6.76. The van der Waals surface area contributed by atoms with E-state index in [0.29, 0.717) is 0 Å². The monoisotopic (exact) mass is 391 g/mol. The van der Waals surface area contributed by atoms with E-state index < -0.39 is 26.6 Å². The second-order valence-electron chi connectivity index (χ2n) is 5.68. The summed E-state index contributed by atoms with van der Waals surface area (Å²) in [5, 5.41) is 14.6. The summed E-state index contributed by atoms with van der Waals surface area (Å²) in [4.78, 5) is 13.3. The Bertz CT molecular complexity index is 1110. The van der Waals surface area contributed by atoms with Gasteiger partial charge in [0, 0.05) is 19.3 Å². The van der Waals surface area contributed by atoms with E-state index in [-0.39, 0.29) is 16.3 Å². The van der Waals surface area contributed by atoms with Gasteiger partial charge in [0.15, 0.2) is 6.20 Å². The summed E-state index contributed by atoms with van der Waals surface area (Å²) in [5.41, 5.74) is 1.05. The van der Waals surface area contributed by atoms with Crippen molar-refractivity contribution in [3.05, 3.63) is 70.4 Å². The van der Waals surface area contributed by atoms with E-state index in [9.17, 15) is 22.9 Å². The van der Waals surface area contributed by atoms with Gasteiger partial charge in [-0.25, -0.2) is 17.5 Å². The minimum atomic E-state index is -4.09. The fourth-order valence-corrected chi connectivity index (χ4v) is 3.54. The average Bonchev–Trinajstić information content (AvgIpc) is 3.07. The molecular formula is C16H14FN5O4S. The van der Waals surface area contributed by atoms with Gasteiger partial charge in [0.05, 0.1) is 16.8 Å². The van der Waals surface area contributed by atoms with Gasteiger partial charge in [0.1, 0.15) is 11.5 Å². The zero-order valence-electron chi connectivity index (χ0n) is 14.3. The van der Waals surface area contributed by atoms with Gasteiger partial charge in [0.25, 0.3) is 10.0 Å². The van der Waals surface area contributed by atoms with Crippen LogP contribution in [0, 0.1) is 22.9 Å². The number of nitro groups is 1. The minimum Gasteiger partial charge on any atom is -0.358 e. The van der Waals surface area contributed by atoms with Crippen molar-refractivity contribution in [3.8, 4) is 5.69 Å². The summed E-state index contributed by atoms with van der Waals surface area (Å²) < 4.78 is 42.1. The molecule has 0 amide bonds. The molecule has 3 rings (SSSR count). The fraction of sp³-hybridized carbons (Fsp3) is 0.125. The molecule has 11 heteroatoms. The van der Waals surface area contributed by atoms with Crippen molar-refractivity contribution in [1.29, 1.82) is 0 Å². The van der Waals surface area contributed by atoms with Crippen molar-refractivity contribution in [2.24, 2.45) is 0 Å². The van der Waals surface area contributed by atoms with Crippen LogP contribution in [0.2, 0.25) is 0 Å². The SMILES string of the molecule is Cc1cnn(-c2ccc(S(=O)(=O)N(C)c3ccc([N+](=O)[O-])nc3)cc2F)c1. The Morgan fingerprint density at radius 1 is 1.22 bits per heavy atom. The van der Waals surface area contributed by atoms with Crippen LogP contribution in [-0.4, -0.2) is 35.2 Å². The molecule has 1 aromatic carbocycles. The number of pyridine rings is 1. The zero-order valence-corrected chi connectivity index (χ0v) is 15.1. The van der Waals surface area contributed by atoms with E-state index in [1.54, 1.807) is 19.3 Å². The summed E-state index contributed by atoms with van der Waals surface area (Å²) in [6.07, 6.45) is 4.23. The van der Waals surface area contributed by atoms with Crippen molar-refractivity contribution in [1.82, 2.24) is 14.8 Å². The third kappa shape index (κ3) is 3.49. The van der Waals surface area contributed by atoms with Crippen molar-refractivity contribution in [2.45, 2.75) is 11.8 Å². The number of sulfonamides is 1. The Kier molecular flexibility index (Phi) is 4.62. The van der Waals surface area contributed by atoms with Crippen LogP contribution in [0.25, 0.3) is 5.69 Å². The smallest absolute Gasteiger partial charge is 0.358 e. The highest BCUT2D eigenvalue weighted by Gasteiger charge is 2.24. The van der Waals surface area contributed by atoms with Crippen LogP contribution in [0.5, 0.6) is 0 Å². The maximum atomic E-state index is 14.5. The molecule has 0 radical (unpaired) electrons. The summed E-state index contributed by atoms with van der Waals surface area (Å²) in [5.74, 6) is -1.16. The molecule has 2 aromatic heterocycles. The Labute approximate surface area is 153 Å². The normalized spacial score (nSPS) is 11.4. The highest BCUT2D eigenvalue weighted by atomic mass is 32.2. The van der Waals surface area contributed by atoms with E-state index in [4.69, 9.17) is 0 Å². The van der Waals surface area contributed by atoms with E-state index >= 15 is 0 Å². The number of benzene rings is 1. The number of rotatable bonds is 5. The van der Waals surface area contributed by atoms with Crippen molar-refractivity contribution < 1.29 is 17.7 Å². The number of anilines is 1. The lowest BCUT2D eigenvalue weighted by Gasteiger charge is -2.18. The van der Waals surface area contributed by atoms with Crippen molar-refractivity contribution in [3.63, 3.8) is 0 Å². The predicted molar refractivity (Wildman–Crippen MR) is 94.7 cm³/mol. The third-order valence-electron chi connectivity index (χ3n) is 3.82. The van der Waals surface area contributed by atoms with E-state index in [1.807, 2.05) is 0 Å². The molecule has 0 spiro atoms. The van der Waals surface area contributed by atoms with E-state index in [0.717, 1.165) is 28.2 Å². The van der Waals surface area contributed by atoms with Crippen LogP contribution >= 0.6 is 0 Å². The number of hydrogen-bond donors (Lipinski definition) is 0. The Balaban J connectivity index is 1.94. The first-order valence-corrected chi connectivity index (χ1v) is 9.05. The molecule has 0 saturated carbocycles. The van der Waals surface area contributed by atoms with Gasteiger partial charge in [-0.1, -0.05) is 0 Å². The quantitative estimate of drug-likeness (QED) is 0.488. The summed E-state index contributed by atoms with van der Waals surface area (Å²) >= 11 is 0. The molecule has 0 aliphatic carbocycles. The lowest BCUT2D eigenvalue weighted by atomic mass is 10.3.